The third kappa shape index (κ3) is 3.65. The molecule has 0 N–H and O–H groups in total. The second-order valence-corrected chi connectivity index (χ2v) is 6.38. The molecule has 6 heteroatoms. The first-order valence-electron chi connectivity index (χ1n) is 6.18. The van der Waals surface area contributed by atoms with Gasteiger partial charge in [0.05, 0.1) is 12.7 Å². The van der Waals surface area contributed by atoms with Crippen LogP contribution in [0.15, 0.2) is 40.6 Å². The van der Waals surface area contributed by atoms with Crippen LogP contribution in [0.5, 0.6) is 0 Å². The van der Waals surface area contributed by atoms with Gasteiger partial charge >= 0.3 is 5.97 Å². The molecule has 0 saturated heterocycles. The molecular weight excluding hydrogens is 306 g/mol. The molecule has 0 fully saturated rings. The number of ether oxygens (including phenoxy) is 1. The van der Waals surface area contributed by atoms with Gasteiger partial charge in [0.1, 0.15) is 0 Å². The van der Waals surface area contributed by atoms with Gasteiger partial charge in [0.2, 0.25) is 0 Å². The Kier molecular flexibility index (Phi) is 5.03. The van der Waals surface area contributed by atoms with Crippen molar-refractivity contribution in [1.82, 2.24) is 4.90 Å². The minimum absolute atomic E-state index is 0.0193. The molecule has 0 atom stereocenters. The lowest BCUT2D eigenvalue weighted by Gasteiger charge is -2.09. The Bertz CT molecular complexity index is 647. The summed E-state index contributed by atoms with van der Waals surface area (Å²) in [5.74, 6) is -0.340. The highest BCUT2D eigenvalue weighted by Gasteiger charge is 2.15. The summed E-state index contributed by atoms with van der Waals surface area (Å²) in [4.78, 5) is 26.6. The van der Waals surface area contributed by atoms with E-state index in [1.54, 1.807) is 20.2 Å². The van der Waals surface area contributed by atoms with Crippen LogP contribution in [0.2, 0.25) is 0 Å². The SMILES string of the molecule is COC(=O)c1ccsc1-c1ccc(SC(=O)N(C)C)cc1. The number of amides is 1. The third-order valence-electron chi connectivity index (χ3n) is 2.76. The molecule has 0 saturated carbocycles. The fraction of sp³-hybridized carbons (Fsp3) is 0.200. The van der Waals surface area contributed by atoms with Crippen molar-refractivity contribution in [3.63, 3.8) is 0 Å². The fourth-order valence-corrected chi connectivity index (χ4v) is 3.22. The van der Waals surface area contributed by atoms with E-state index in [1.807, 2.05) is 29.6 Å². The van der Waals surface area contributed by atoms with Crippen molar-refractivity contribution in [2.45, 2.75) is 4.90 Å². The Morgan fingerprint density at radius 2 is 1.81 bits per heavy atom. The maximum atomic E-state index is 11.7. The van der Waals surface area contributed by atoms with Gasteiger partial charge in [-0.05, 0) is 40.9 Å². The first kappa shape index (κ1) is 15.6. The number of nitrogens with zero attached hydrogens (tertiary/aromatic N) is 1. The molecule has 2 aromatic rings. The van der Waals surface area contributed by atoms with Crippen LogP contribution in [0, 0.1) is 0 Å². The van der Waals surface area contributed by atoms with Crippen molar-refractivity contribution in [2.75, 3.05) is 21.2 Å². The molecule has 1 heterocycles. The largest absolute Gasteiger partial charge is 0.465 e. The Morgan fingerprint density at radius 3 is 2.38 bits per heavy atom. The number of thioether (sulfide) groups is 1. The van der Waals surface area contributed by atoms with E-state index in [1.165, 1.54) is 35.1 Å². The number of esters is 1. The number of carbonyl (C=O) groups excluding carboxylic acids is 2. The van der Waals surface area contributed by atoms with E-state index in [-0.39, 0.29) is 11.2 Å². The number of thiophene rings is 1. The molecule has 1 amide bonds. The summed E-state index contributed by atoms with van der Waals surface area (Å²) in [7, 11) is 4.81. The van der Waals surface area contributed by atoms with E-state index in [0.29, 0.717) is 5.56 Å². The summed E-state index contributed by atoms with van der Waals surface area (Å²) in [6.07, 6.45) is 0. The van der Waals surface area contributed by atoms with E-state index >= 15 is 0 Å². The zero-order valence-corrected chi connectivity index (χ0v) is 13.6. The second-order valence-electron chi connectivity index (χ2n) is 4.44. The Hall–Kier alpha value is -1.79. The van der Waals surface area contributed by atoms with Crippen LogP contribution >= 0.6 is 23.1 Å². The van der Waals surface area contributed by atoms with E-state index in [0.717, 1.165) is 15.3 Å². The van der Waals surface area contributed by atoms with Crippen molar-refractivity contribution >= 4 is 34.3 Å². The topological polar surface area (TPSA) is 46.6 Å². The third-order valence-corrected chi connectivity index (χ3v) is 4.77. The van der Waals surface area contributed by atoms with E-state index in [4.69, 9.17) is 4.74 Å². The monoisotopic (exact) mass is 321 g/mol. The molecule has 0 radical (unpaired) electrons. The smallest absolute Gasteiger partial charge is 0.339 e. The summed E-state index contributed by atoms with van der Waals surface area (Å²) in [5, 5.41) is 1.84. The van der Waals surface area contributed by atoms with Crippen LogP contribution in [0.4, 0.5) is 4.79 Å². The average Bonchev–Trinajstić information content (AvgIpc) is 2.96. The van der Waals surface area contributed by atoms with Crippen LogP contribution in [0.3, 0.4) is 0 Å². The maximum Gasteiger partial charge on any atom is 0.339 e. The summed E-state index contributed by atoms with van der Waals surface area (Å²) in [6.45, 7) is 0. The molecule has 0 bridgehead atoms. The highest BCUT2D eigenvalue weighted by molar-refractivity contribution is 8.13. The molecular formula is C15H15NO3S2. The molecule has 2 rings (SSSR count). The Balaban J connectivity index is 2.22. The van der Waals surface area contributed by atoms with Gasteiger partial charge in [-0.15, -0.1) is 11.3 Å². The summed E-state index contributed by atoms with van der Waals surface area (Å²) in [6, 6.07) is 9.32. The molecule has 0 aliphatic heterocycles. The van der Waals surface area contributed by atoms with Gasteiger partial charge in [0.25, 0.3) is 5.24 Å². The fourth-order valence-electron chi connectivity index (χ4n) is 1.67. The lowest BCUT2D eigenvalue weighted by atomic mass is 10.1. The highest BCUT2D eigenvalue weighted by atomic mass is 32.2. The zero-order valence-electron chi connectivity index (χ0n) is 12.0. The van der Waals surface area contributed by atoms with Gasteiger partial charge in [-0.1, -0.05) is 12.1 Å². The highest BCUT2D eigenvalue weighted by Crippen LogP contribution is 2.32. The molecule has 4 nitrogen and oxygen atoms in total. The first-order chi connectivity index (χ1) is 10.0. The van der Waals surface area contributed by atoms with Crippen LogP contribution in [-0.2, 0) is 4.74 Å². The Labute approximate surface area is 131 Å². The van der Waals surface area contributed by atoms with Gasteiger partial charge in [-0.3, -0.25) is 4.79 Å². The number of benzene rings is 1. The maximum absolute atomic E-state index is 11.7. The summed E-state index contributed by atoms with van der Waals surface area (Å²) in [5.41, 5.74) is 1.50. The standard InChI is InChI=1S/C15H15NO3S2/c1-16(2)15(18)21-11-6-4-10(5-7-11)13-12(8-9-20-13)14(17)19-3/h4-9H,1-3H3. The van der Waals surface area contributed by atoms with Gasteiger partial charge in [0, 0.05) is 23.9 Å². The minimum atomic E-state index is -0.340. The lowest BCUT2D eigenvalue weighted by Crippen LogP contribution is -2.15. The zero-order chi connectivity index (χ0) is 15.4. The molecule has 1 aromatic carbocycles. The van der Waals surface area contributed by atoms with Gasteiger partial charge in [-0.2, -0.15) is 0 Å². The molecule has 0 aliphatic rings. The number of hydrogen-bond acceptors (Lipinski definition) is 5. The van der Waals surface area contributed by atoms with Crippen LogP contribution < -0.4 is 0 Å². The summed E-state index contributed by atoms with van der Waals surface area (Å²) >= 11 is 2.66. The van der Waals surface area contributed by atoms with Crippen molar-refractivity contribution in [3.8, 4) is 10.4 Å². The van der Waals surface area contributed by atoms with Gasteiger partial charge in [0.15, 0.2) is 0 Å². The van der Waals surface area contributed by atoms with E-state index in [2.05, 4.69) is 0 Å². The summed E-state index contributed by atoms with van der Waals surface area (Å²) < 4.78 is 4.77. The lowest BCUT2D eigenvalue weighted by molar-refractivity contribution is 0.0602. The second kappa shape index (κ2) is 6.78. The first-order valence-corrected chi connectivity index (χ1v) is 7.88. The normalized spacial score (nSPS) is 10.2. The molecule has 110 valence electrons. The van der Waals surface area contributed by atoms with E-state index in [9.17, 15) is 9.59 Å². The number of methoxy groups -OCH3 is 1. The predicted molar refractivity (Wildman–Crippen MR) is 86.0 cm³/mol. The quantitative estimate of drug-likeness (QED) is 0.634. The average molecular weight is 321 g/mol. The molecule has 1 aromatic heterocycles. The van der Waals surface area contributed by atoms with Crippen molar-refractivity contribution in [2.24, 2.45) is 0 Å². The molecule has 21 heavy (non-hydrogen) atoms. The van der Waals surface area contributed by atoms with Crippen LogP contribution in [0.1, 0.15) is 10.4 Å². The Morgan fingerprint density at radius 1 is 1.14 bits per heavy atom. The molecule has 0 unspecified atom stereocenters. The molecule has 0 spiro atoms. The van der Waals surface area contributed by atoms with Crippen molar-refractivity contribution < 1.29 is 14.3 Å². The van der Waals surface area contributed by atoms with Crippen molar-refractivity contribution in [1.29, 1.82) is 0 Å². The number of rotatable bonds is 3. The van der Waals surface area contributed by atoms with Gasteiger partial charge < -0.3 is 9.64 Å². The minimum Gasteiger partial charge on any atom is -0.465 e. The van der Waals surface area contributed by atoms with Gasteiger partial charge in [-0.25, -0.2) is 4.79 Å². The van der Waals surface area contributed by atoms with Crippen LogP contribution in [0.25, 0.3) is 10.4 Å². The van der Waals surface area contributed by atoms with E-state index < -0.39 is 0 Å². The molecule has 0 aliphatic carbocycles. The van der Waals surface area contributed by atoms with Crippen molar-refractivity contribution in [3.05, 3.63) is 41.3 Å². The predicted octanol–water partition coefficient (Wildman–Crippen LogP) is 3.98. The number of carbonyl (C=O) groups is 2. The number of hydrogen-bond donors (Lipinski definition) is 0. The van der Waals surface area contributed by atoms with Crippen LogP contribution in [-0.4, -0.2) is 37.3 Å².